The molecule has 0 amide bonds. The Morgan fingerprint density at radius 2 is 1.77 bits per heavy atom. The third kappa shape index (κ3) is 3.23. The Bertz CT molecular complexity index is 1210. The highest BCUT2D eigenvalue weighted by Crippen LogP contribution is 2.39. The summed E-state index contributed by atoms with van der Waals surface area (Å²) < 4.78 is 5.99. The number of pyridine rings is 1. The second-order valence-electron chi connectivity index (χ2n) is 8.05. The van der Waals surface area contributed by atoms with E-state index in [0.29, 0.717) is 6.61 Å². The van der Waals surface area contributed by atoms with Crippen molar-refractivity contribution in [3.05, 3.63) is 71.8 Å². The fraction of sp³-hybridized carbons (Fsp3) is 0.296. The molecule has 3 heteroatoms. The normalized spacial score (nSPS) is 14.2. The van der Waals surface area contributed by atoms with Crippen molar-refractivity contribution in [1.29, 1.82) is 0 Å². The number of hydrogen-bond acceptors (Lipinski definition) is 3. The lowest BCUT2D eigenvalue weighted by Gasteiger charge is -2.31. The monoisotopic (exact) mass is 396 g/mol. The number of fused-ring (bicyclic) bond motifs is 5. The van der Waals surface area contributed by atoms with Gasteiger partial charge < -0.3 is 4.74 Å². The number of hydrogen-bond donors (Lipinski definition) is 0. The summed E-state index contributed by atoms with van der Waals surface area (Å²) in [5.74, 6) is 0.919. The summed E-state index contributed by atoms with van der Waals surface area (Å²) in [6, 6.07) is 21.4. The zero-order valence-corrected chi connectivity index (χ0v) is 17.8. The van der Waals surface area contributed by atoms with Crippen LogP contribution in [0.4, 0.5) is 0 Å². The first-order valence-electron chi connectivity index (χ1n) is 11.1. The summed E-state index contributed by atoms with van der Waals surface area (Å²) in [7, 11) is 0. The Morgan fingerprint density at radius 1 is 0.933 bits per heavy atom. The van der Waals surface area contributed by atoms with Crippen LogP contribution in [0.2, 0.25) is 0 Å². The maximum absolute atomic E-state index is 5.99. The van der Waals surface area contributed by atoms with Gasteiger partial charge in [0.15, 0.2) is 0 Å². The summed E-state index contributed by atoms with van der Waals surface area (Å²) in [5.41, 5.74) is 6.09. The van der Waals surface area contributed by atoms with E-state index in [2.05, 4.69) is 66.4 Å². The van der Waals surface area contributed by atoms with Crippen molar-refractivity contribution in [2.75, 3.05) is 19.7 Å². The van der Waals surface area contributed by atoms with Gasteiger partial charge in [-0.3, -0.25) is 4.90 Å². The number of benzene rings is 3. The van der Waals surface area contributed by atoms with Gasteiger partial charge in [-0.15, -0.1) is 0 Å². The molecule has 3 aromatic carbocycles. The van der Waals surface area contributed by atoms with Crippen LogP contribution in [0, 0.1) is 0 Å². The quantitative estimate of drug-likeness (QED) is 0.374. The second kappa shape index (κ2) is 8.08. The predicted octanol–water partition coefficient (Wildman–Crippen LogP) is 6.22. The van der Waals surface area contributed by atoms with Gasteiger partial charge in [0.2, 0.25) is 0 Å². The van der Waals surface area contributed by atoms with E-state index in [0.717, 1.165) is 48.6 Å². The van der Waals surface area contributed by atoms with Crippen molar-refractivity contribution in [3.8, 4) is 17.0 Å². The third-order valence-corrected chi connectivity index (χ3v) is 6.13. The summed E-state index contributed by atoms with van der Waals surface area (Å²) >= 11 is 0. The van der Waals surface area contributed by atoms with Crippen LogP contribution >= 0.6 is 0 Å². The summed E-state index contributed by atoms with van der Waals surface area (Å²) in [5, 5.41) is 3.93. The van der Waals surface area contributed by atoms with Gasteiger partial charge in [0.25, 0.3) is 0 Å². The van der Waals surface area contributed by atoms with Crippen LogP contribution in [0.5, 0.6) is 5.75 Å². The van der Waals surface area contributed by atoms with Crippen LogP contribution in [0.1, 0.15) is 31.4 Å². The van der Waals surface area contributed by atoms with E-state index < -0.39 is 0 Å². The van der Waals surface area contributed by atoms with E-state index in [-0.39, 0.29) is 0 Å². The van der Waals surface area contributed by atoms with Gasteiger partial charge in [0.05, 0.1) is 17.8 Å². The Hall–Kier alpha value is -2.91. The van der Waals surface area contributed by atoms with Crippen molar-refractivity contribution >= 4 is 21.7 Å². The van der Waals surface area contributed by atoms with Crippen molar-refractivity contribution in [2.24, 2.45) is 0 Å². The van der Waals surface area contributed by atoms with Crippen molar-refractivity contribution in [3.63, 3.8) is 0 Å². The molecule has 30 heavy (non-hydrogen) atoms. The maximum Gasteiger partial charge on any atom is 0.128 e. The highest BCUT2D eigenvalue weighted by molar-refractivity contribution is 6.09. The van der Waals surface area contributed by atoms with Crippen molar-refractivity contribution in [2.45, 2.75) is 33.2 Å². The predicted molar refractivity (Wildman–Crippen MR) is 125 cm³/mol. The lowest BCUT2D eigenvalue weighted by molar-refractivity contribution is 0.255. The first kappa shape index (κ1) is 19.1. The molecule has 1 aromatic heterocycles. The number of ether oxygens (including phenoxy) is 1. The van der Waals surface area contributed by atoms with Crippen LogP contribution in [-0.4, -0.2) is 29.6 Å². The van der Waals surface area contributed by atoms with E-state index >= 15 is 0 Å². The summed E-state index contributed by atoms with van der Waals surface area (Å²) in [4.78, 5) is 7.80. The molecular formula is C27H28N2O. The van der Waals surface area contributed by atoms with Crippen LogP contribution in [0.15, 0.2) is 60.7 Å². The molecule has 4 aromatic rings. The Balaban J connectivity index is 1.81. The van der Waals surface area contributed by atoms with Gasteiger partial charge >= 0.3 is 0 Å². The first-order chi connectivity index (χ1) is 14.8. The van der Waals surface area contributed by atoms with Gasteiger partial charge in [-0.25, -0.2) is 4.98 Å². The molecule has 1 aliphatic heterocycles. The highest BCUT2D eigenvalue weighted by Gasteiger charge is 2.25. The number of nitrogens with zero attached hydrogens (tertiary/aromatic N) is 2. The molecule has 0 spiro atoms. The van der Waals surface area contributed by atoms with Crippen LogP contribution in [0.3, 0.4) is 0 Å². The molecule has 0 aliphatic carbocycles. The third-order valence-electron chi connectivity index (χ3n) is 6.13. The minimum Gasteiger partial charge on any atom is -0.493 e. The number of rotatable bonds is 5. The molecule has 0 bridgehead atoms. The standard InChI is InChI=1S/C27H28N2O/c1-3-16-29-17-15-21-23(18-29)27(22-11-7-8-12-25(22)30-4-2)28-24-14-13-19-9-5-6-10-20(19)26(21)24/h5-14H,3-4,15-18H2,1-2H3. The molecular weight excluding hydrogens is 368 g/mol. The van der Waals surface area contributed by atoms with Crippen molar-refractivity contribution in [1.82, 2.24) is 9.88 Å². The molecule has 2 heterocycles. The zero-order chi connectivity index (χ0) is 20.5. The molecule has 0 atom stereocenters. The van der Waals surface area contributed by atoms with Gasteiger partial charge in [0, 0.05) is 24.0 Å². The largest absolute Gasteiger partial charge is 0.493 e. The highest BCUT2D eigenvalue weighted by atomic mass is 16.5. The van der Waals surface area contributed by atoms with Crippen molar-refractivity contribution < 1.29 is 4.74 Å². The second-order valence-corrected chi connectivity index (χ2v) is 8.05. The summed E-state index contributed by atoms with van der Waals surface area (Å²) in [6.07, 6.45) is 2.23. The Kier molecular flexibility index (Phi) is 5.14. The van der Waals surface area contributed by atoms with Crippen LogP contribution < -0.4 is 4.74 Å². The SMILES string of the molecule is CCCN1CCc2c(c(-c3ccccc3OCC)nc3ccc4ccccc4c23)C1. The molecule has 0 N–H and O–H groups in total. The van der Waals surface area contributed by atoms with Gasteiger partial charge in [-0.1, -0.05) is 49.4 Å². The average Bonchev–Trinajstić information content (AvgIpc) is 2.79. The fourth-order valence-electron chi connectivity index (χ4n) is 4.84. The van der Waals surface area contributed by atoms with E-state index in [1.54, 1.807) is 0 Å². The summed E-state index contributed by atoms with van der Waals surface area (Å²) in [6.45, 7) is 8.13. The number of aromatic nitrogens is 1. The molecule has 3 nitrogen and oxygen atoms in total. The van der Waals surface area contributed by atoms with E-state index in [4.69, 9.17) is 9.72 Å². The smallest absolute Gasteiger partial charge is 0.128 e. The first-order valence-corrected chi connectivity index (χ1v) is 11.1. The van der Waals surface area contributed by atoms with Gasteiger partial charge in [-0.2, -0.15) is 0 Å². The lowest BCUT2D eigenvalue weighted by Crippen LogP contribution is -2.32. The Morgan fingerprint density at radius 3 is 2.63 bits per heavy atom. The maximum atomic E-state index is 5.99. The minimum atomic E-state index is 0.652. The zero-order valence-electron chi connectivity index (χ0n) is 17.8. The molecule has 152 valence electrons. The molecule has 1 aliphatic rings. The minimum absolute atomic E-state index is 0.652. The van der Waals surface area contributed by atoms with Crippen LogP contribution in [-0.2, 0) is 13.0 Å². The topological polar surface area (TPSA) is 25.4 Å². The van der Waals surface area contributed by atoms with E-state index in [1.807, 2.05) is 13.0 Å². The molecule has 0 radical (unpaired) electrons. The van der Waals surface area contributed by atoms with Gasteiger partial charge in [0.1, 0.15) is 5.75 Å². The van der Waals surface area contributed by atoms with E-state index in [1.165, 1.54) is 33.7 Å². The molecule has 0 fully saturated rings. The number of para-hydroxylation sites is 1. The molecule has 0 unspecified atom stereocenters. The van der Waals surface area contributed by atoms with E-state index in [9.17, 15) is 0 Å². The van der Waals surface area contributed by atoms with Crippen LogP contribution in [0.25, 0.3) is 32.9 Å². The Labute approximate surface area is 178 Å². The fourth-order valence-corrected chi connectivity index (χ4v) is 4.84. The molecule has 5 rings (SSSR count). The molecule has 0 saturated carbocycles. The van der Waals surface area contributed by atoms with Gasteiger partial charge in [-0.05, 0) is 66.4 Å². The average molecular weight is 397 g/mol. The molecule has 0 saturated heterocycles. The lowest BCUT2D eigenvalue weighted by atomic mass is 9.89.